The third-order valence-electron chi connectivity index (χ3n) is 2.61. The molecule has 0 aliphatic carbocycles. The average molecular weight is 261 g/mol. The number of hydrogen-bond donors (Lipinski definition) is 2. The molecule has 2 aromatic rings. The summed E-state index contributed by atoms with van der Waals surface area (Å²) >= 11 is 1.63. The lowest BCUT2D eigenvalue weighted by Crippen LogP contribution is -2.26. The zero-order chi connectivity index (χ0) is 13.0. The number of nitrogens with two attached hydrogens (primary N) is 1. The van der Waals surface area contributed by atoms with E-state index in [9.17, 15) is 4.79 Å². The first-order chi connectivity index (χ1) is 8.70. The van der Waals surface area contributed by atoms with Crippen LogP contribution in [0.25, 0.3) is 0 Å². The molecule has 2 aromatic heterocycles. The molecule has 0 saturated heterocycles. The molecule has 0 radical (unpaired) electrons. The van der Waals surface area contributed by atoms with Crippen LogP contribution in [0, 0.1) is 0 Å². The van der Waals surface area contributed by atoms with Crippen LogP contribution < -0.4 is 11.1 Å². The molecule has 0 spiro atoms. The molecular formula is C13H15N3OS. The van der Waals surface area contributed by atoms with Gasteiger partial charge in [-0.3, -0.25) is 9.78 Å². The second kappa shape index (κ2) is 5.75. The number of rotatable bonds is 4. The maximum Gasteiger partial charge on any atom is 0.251 e. The van der Waals surface area contributed by atoms with Gasteiger partial charge in [0.2, 0.25) is 0 Å². The van der Waals surface area contributed by atoms with E-state index >= 15 is 0 Å². The highest BCUT2D eigenvalue weighted by Gasteiger charge is 2.12. The number of hydrogen-bond acceptors (Lipinski definition) is 4. The summed E-state index contributed by atoms with van der Waals surface area (Å²) in [4.78, 5) is 17.2. The third kappa shape index (κ3) is 2.94. The number of carbonyl (C=O) groups is 1. The zero-order valence-electron chi connectivity index (χ0n) is 10.1. The first kappa shape index (κ1) is 12.7. The maximum absolute atomic E-state index is 12.0. The Hall–Kier alpha value is -1.72. The zero-order valence-corrected chi connectivity index (χ0v) is 10.9. The Labute approximate surface area is 110 Å². The molecule has 2 rings (SSSR count). The van der Waals surface area contributed by atoms with Crippen LogP contribution >= 0.6 is 11.3 Å². The Morgan fingerprint density at radius 2 is 2.39 bits per heavy atom. The smallest absolute Gasteiger partial charge is 0.251 e. The monoisotopic (exact) mass is 261 g/mol. The van der Waals surface area contributed by atoms with Gasteiger partial charge in [-0.15, -0.1) is 11.3 Å². The molecule has 1 atom stereocenters. The highest BCUT2D eigenvalue weighted by Crippen LogP contribution is 2.18. The summed E-state index contributed by atoms with van der Waals surface area (Å²) in [5.74, 6) is -0.104. The van der Waals surface area contributed by atoms with E-state index in [4.69, 9.17) is 5.73 Å². The Morgan fingerprint density at radius 1 is 1.56 bits per heavy atom. The largest absolute Gasteiger partial charge is 0.345 e. The summed E-state index contributed by atoms with van der Waals surface area (Å²) in [5.41, 5.74) is 6.81. The van der Waals surface area contributed by atoms with Crippen LogP contribution in [-0.2, 0) is 6.54 Å². The standard InChI is InChI=1S/C13H15N3OS/c1-9(12-3-2-6-18-12)16-13(17)10-4-5-15-11(7-10)8-14/h2-7,9H,8,14H2,1H3,(H,16,17)/t9-/m1/s1. The summed E-state index contributed by atoms with van der Waals surface area (Å²) in [7, 11) is 0. The highest BCUT2D eigenvalue weighted by molar-refractivity contribution is 7.10. The van der Waals surface area contributed by atoms with Gasteiger partial charge in [-0.25, -0.2) is 0 Å². The van der Waals surface area contributed by atoms with Gasteiger partial charge in [0.25, 0.3) is 5.91 Å². The summed E-state index contributed by atoms with van der Waals surface area (Å²) in [6.45, 7) is 2.30. The van der Waals surface area contributed by atoms with E-state index < -0.39 is 0 Å². The van der Waals surface area contributed by atoms with Gasteiger partial charge in [-0.05, 0) is 30.5 Å². The molecule has 0 unspecified atom stereocenters. The van der Waals surface area contributed by atoms with Gasteiger partial charge >= 0.3 is 0 Å². The second-order valence-electron chi connectivity index (χ2n) is 3.95. The van der Waals surface area contributed by atoms with Crippen molar-refractivity contribution in [2.45, 2.75) is 19.5 Å². The number of carbonyl (C=O) groups excluding carboxylic acids is 1. The summed E-state index contributed by atoms with van der Waals surface area (Å²) in [6.07, 6.45) is 1.60. The van der Waals surface area contributed by atoms with E-state index in [1.165, 1.54) is 0 Å². The minimum absolute atomic E-state index is 0.00647. The first-order valence-electron chi connectivity index (χ1n) is 5.70. The van der Waals surface area contributed by atoms with Crippen LogP contribution in [0.5, 0.6) is 0 Å². The van der Waals surface area contributed by atoms with Crippen molar-refractivity contribution in [3.63, 3.8) is 0 Å². The van der Waals surface area contributed by atoms with Crippen LogP contribution in [0.4, 0.5) is 0 Å². The van der Waals surface area contributed by atoms with Crippen molar-refractivity contribution in [2.75, 3.05) is 0 Å². The number of nitrogens with zero attached hydrogens (tertiary/aromatic N) is 1. The molecule has 0 bridgehead atoms. The van der Waals surface area contributed by atoms with Crippen molar-refractivity contribution in [1.29, 1.82) is 0 Å². The van der Waals surface area contributed by atoms with Gasteiger partial charge in [0.1, 0.15) is 0 Å². The van der Waals surface area contributed by atoms with Gasteiger partial charge in [-0.2, -0.15) is 0 Å². The average Bonchev–Trinajstić information content (AvgIpc) is 2.92. The molecular weight excluding hydrogens is 246 g/mol. The number of amides is 1. The van der Waals surface area contributed by atoms with Crippen LogP contribution in [0.2, 0.25) is 0 Å². The fourth-order valence-corrected chi connectivity index (χ4v) is 2.35. The Bertz CT molecular complexity index is 525. The van der Waals surface area contributed by atoms with Crippen molar-refractivity contribution in [3.8, 4) is 0 Å². The van der Waals surface area contributed by atoms with E-state index in [1.807, 2.05) is 24.4 Å². The summed E-state index contributed by atoms with van der Waals surface area (Å²) in [5, 5.41) is 4.95. The van der Waals surface area contributed by atoms with Crippen LogP contribution in [0.1, 0.15) is 33.9 Å². The molecule has 0 aliphatic heterocycles. The SMILES string of the molecule is C[C@@H](NC(=O)c1ccnc(CN)c1)c1cccs1. The number of nitrogens with one attached hydrogen (secondary N) is 1. The normalized spacial score (nSPS) is 12.1. The van der Waals surface area contributed by atoms with Crippen molar-refractivity contribution in [3.05, 3.63) is 52.0 Å². The molecule has 0 saturated carbocycles. The maximum atomic E-state index is 12.0. The lowest BCUT2D eigenvalue weighted by Gasteiger charge is -2.12. The van der Waals surface area contributed by atoms with Crippen LogP contribution in [0.3, 0.4) is 0 Å². The molecule has 94 valence electrons. The number of aromatic nitrogens is 1. The van der Waals surface area contributed by atoms with Crippen molar-refractivity contribution >= 4 is 17.2 Å². The number of thiophene rings is 1. The van der Waals surface area contributed by atoms with Gasteiger partial charge in [-0.1, -0.05) is 6.07 Å². The lowest BCUT2D eigenvalue weighted by atomic mass is 10.2. The highest BCUT2D eigenvalue weighted by atomic mass is 32.1. The fourth-order valence-electron chi connectivity index (χ4n) is 1.62. The molecule has 2 heterocycles. The molecule has 3 N–H and O–H groups in total. The quantitative estimate of drug-likeness (QED) is 0.885. The summed E-state index contributed by atoms with van der Waals surface area (Å²) in [6, 6.07) is 7.40. The summed E-state index contributed by atoms with van der Waals surface area (Å²) < 4.78 is 0. The third-order valence-corrected chi connectivity index (χ3v) is 3.66. The lowest BCUT2D eigenvalue weighted by molar-refractivity contribution is 0.0940. The minimum atomic E-state index is -0.104. The number of pyridine rings is 1. The Kier molecular flexibility index (Phi) is 4.07. The predicted octanol–water partition coefficient (Wildman–Crippen LogP) is 2.09. The van der Waals surface area contributed by atoms with Crippen molar-refractivity contribution in [2.24, 2.45) is 5.73 Å². The molecule has 18 heavy (non-hydrogen) atoms. The second-order valence-corrected chi connectivity index (χ2v) is 4.93. The fraction of sp³-hybridized carbons (Fsp3) is 0.231. The molecule has 5 heteroatoms. The van der Waals surface area contributed by atoms with E-state index in [2.05, 4.69) is 10.3 Å². The first-order valence-corrected chi connectivity index (χ1v) is 6.58. The molecule has 4 nitrogen and oxygen atoms in total. The van der Waals surface area contributed by atoms with E-state index in [-0.39, 0.29) is 11.9 Å². The molecule has 1 amide bonds. The minimum Gasteiger partial charge on any atom is -0.345 e. The van der Waals surface area contributed by atoms with Crippen molar-refractivity contribution in [1.82, 2.24) is 10.3 Å². The van der Waals surface area contributed by atoms with Crippen LogP contribution in [0.15, 0.2) is 35.8 Å². The van der Waals surface area contributed by atoms with E-state index in [0.29, 0.717) is 17.8 Å². The van der Waals surface area contributed by atoms with Crippen LogP contribution in [-0.4, -0.2) is 10.9 Å². The molecule has 0 fully saturated rings. The Balaban J connectivity index is 2.07. The van der Waals surface area contributed by atoms with E-state index in [1.54, 1.807) is 29.7 Å². The molecule has 0 aromatic carbocycles. The van der Waals surface area contributed by atoms with Gasteiger partial charge in [0, 0.05) is 23.2 Å². The van der Waals surface area contributed by atoms with Crippen molar-refractivity contribution < 1.29 is 4.79 Å². The van der Waals surface area contributed by atoms with Gasteiger partial charge < -0.3 is 11.1 Å². The van der Waals surface area contributed by atoms with Gasteiger partial charge in [0.15, 0.2) is 0 Å². The molecule has 0 aliphatic rings. The van der Waals surface area contributed by atoms with E-state index in [0.717, 1.165) is 4.88 Å². The topological polar surface area (TPSA) is 68.0 Å². The predicted molar refractivity (Wildman–Crippen MR) is 72.3 cm³/mol. The Morgan fingerprint density at radius 3 is 3.06 bits per heavy atom. The van der Waals surface area contributed by atoms with Gasteiger partial charge in [0.05, 0.1) is 11.7 Å².